The molecule has 1 unspecified atom stereocenters. The normalized spacial score (nSPS) is 12.7. The molecule has 0 spiro atoms. The molecule has 0 aromatic heterocycles. The number of aliphatic carboxylic acids is 1. The number of sulfonamides is 1. The molecule has 128 valence electrons. The highest BCUT2D eigenvalue weighted by Gasteiger charge is 2.25. The smallest absolute Gasteiger partial charge is 0.321 e. The number of nitrogens with one attached hydrogen (secondary N) is 2. The second-order valence-corrected chi connectivity index (χ2v) is 7.10. The van der Waals surface area contributed by atoms with Crippen LogP contribution in [-0.2, 0) is 19.6 Å². The zero-order chi connectivity index (χ0) is 17.6. The van der Waals surface area contributed by atoms with E-state index in [0.717, 1.165) is 12.5 Å². The van der Waals surface area contributed by atoms with Crippen LogP contribution < -0.4 is 10.0 Å². The first kappa shape index (κ1) is 19.4. The van der Waals surface area contributed by atoms with Gasteiger partial charge in [0.05, 0.1) is 15.6 Å². The fraction of sp³-hybridized carbons (Fsp3) is 0.429. The van der Waals surface area contributed by atoms with Gasteiger partial charge in [0.15, 0.2) is 0 Å². The average molecular weight is 363 g/mol. The van der Waals surface area contributed by atoms with E-state index >= 15 is 0 Å². The quantitative estimate of drug-likeness (QED) is 0.656. The van der Waals surface area contributed by atoms with Gasteiger partial charge in [-0.25, -0.2) is 8.42 Å². The van der Waals surface area contributed by atoms with Crippen LogP contribution in [0.15, 0.2) is 23.1 Å². The highest BCUT2D eigenvalue weighted by molar-refractivity contribution is 7.89. The second-order valence-electron chi connectivity index (χ2n) is 4.98. The van der Waals surface area contributed by atoms with Crippen LogP contribution in [0.4, 0.5) is 5.69 Å². The number of carbonyl (C=O) groups excluding carboxylic acids is 1. The maximum absolute atomic E-state index is 12.3. The predicted octanol–water partition coefficient (Wildman–Crippen LogP) is 2.22. The minimum atomic E-state index is -4.03. The van der Waals surface area contributed by atoms with E-state index in [1.54, 1.807) is 0 Å². The van der Waals surface area contributed by atoms with Crippen LogP contribution in [0.1, 0.15) is 33.1 Å². The van der Waals surface area contributed by atoms with Crippen LogP contribution in [0.25, 0.3) is 0 Å². The summed E-state index contributed by atoms with van der Waals surface area (Å²) < 4.78 is 26.7. The second kappa shape index (κ2) is 8.28. The van der Waals surface area contributed by atoms with Crippen molar-refractivity contribution >= 4 is 39.2 Å². The number of benzene rings is 1. The predicted molar refractivity (Wildman–Crippen MR) is 87.0 cm³/mol. The molecule has 0 saturated carbocycles. The number of halogens is 1. The van der Waals surface area contributed by atoms with Crippen molar-refractivity contribution in [3.8, 4) is 0 Å². The topological polar surface area (TPSA) is 113 Å². The van der Waals surface area contributed by atoms with Crippen LogP contribution in [0, 0.1) is 0 Å². The van der Waals surface area contributed by atoms with Gasteiger partial charge in [0.1, 0.15) is 6.04 Å². The fourth-order valence-electron chi connectivity index (χ4n) is 1.85. The molecule has 1 aromatic carbocycles. The van der Waals surface area contributed by atoms with Gasteiger partial charge in [-0.05, 0) is 24.6 Å². The molecule has 0 radical (unpaired) electrons. The minimum absolute atomic E-state index is 0.0449. The average Bonchev–Trinajstić information content (AvgIpc) is 2.44. The fourth-order valence-corrected chi connectivity index (χ4v) is 3.39. The molecule has 1 rings (SSSR count). The third-order valence-electron chi connectivity index (χ3n) is 3.00. The van der Waals surface area contributed by atoms with Gasteiger partial charge in [0.2, 0.25) is 15.9 Å². The van der Waals surface area contributed by atoms with E-state index in [4.69, 9.17) is 16.7 Å². The molecule has 0 aliphatic carbocycles. The molecule has 9 heteroatoms. The molecular formula is C14H19ClN2O5S. The van der Waals surface area contributed by atoms with Crippen LogP contribution in [0.5, 0.6) is 0 Å². The SMILES string of the molecule is CCCCC(NS(=O)(=O)c1ccc(NC(C)=O)c(Cl)c1)C(=O)O. The molecule has 7 nitrogen and oxygen atoms in total. The monoisotopic (exact) mass is 362 g/mol. The Morgan fingerprint density at radius 3 is 2.48 bits per heavy atom. The minimum Gasteiger partial charge on any atom is -0.480 e. The maximum Gasteiger partial charge on any atom is 0.321 e. The van der Waals surface area contributed by atoms with Gasteiger partial charge >= 0.3 is 5.97 Å². The first-order valence-electron chi connectivity index (χ1n) is 6.99. The zero-order valence-corrected chi connectivity index (χ0v) is 14.4. The van der Waals surface area contributed by atoms with Crippen molar-refractivity contribution in [2.45, 2.75) is 44.0 Å². The Balaban J connectivity index is 3.01. The van der Waals surface area contributed by atoms with Gasteiger partial charge in [0.25, 0.3) is 0 Å². The number of hydrogen-bond acceptors (Lipinski definition) is 4. The standard InChI is InChI=1S/C14H19ClN2O5S/c1-3-4-5-13(14(19)20)17-23(21,22)10-6-7-12(11(15)8-10)16-9(2)18/h6-8,13,17H,3-5H2,1-2H3,(H,16,18)(H,19,20). The first-order chi connectivity index (χ1) is 10.7. The third-order valence-corrected chi connectivity index (χ3v) is 4.79. The summed E-state index contributed by atoms with van der Waals surface area (Å²) in [4.78, 5) is 22.0. The van der Waals surface area contributed by atoms with Gasteiger partial charge in [-0.3, -0.25) is 9.59 Å². The van der Waals surface area contributed by atoms with Crippen LogP contribution in [-0.4, -0.2) is 31.4 Å². The molecule has 0 saturated heterocycles. The molecule has 0 aliphatic rings. The summed E-state index contributed by atoms with van der Waals surface area (Å²) in [5, 5.41) is 11.6. The Morgan fingerprint density at radius 2 is 2.00 bits per heavy atom. The maximum atomic E-state index is 12.3. The number of carboxylic acid groups (broad SMARTS) is 1. The number of anilines is 1. The number of rotatable bonds is 8. The van der Waals surface area contributed by atoms with Crippen molar-refractivity contribution in [1.29, 1.82) is 0 Å². The highest BCUT2D eigenvalue weighted by atomic mass is 35.5. The van der Waals surface area contributed by atoms with Crippen molar-refractivity contribution in [3.63, 3.8) is 0 Å². The van der Waals surface area contributed by atoms with Gasteiger partial charge in [-0.1, -0.05) is 31.4 Å². The van der Waals surface area contributed by atoms with Crippen LogP contribution >= 0.6 is 11.6 Å². The van der Waals surface area contributed by atoms with Crippen molar-refractivity contribution in [2.75, 3.05) is 5.32 Å². The molecule has 1 atom stereocenters. The number of carboxylic acids is 1. The van der Waals surface area contributed by atoms with E-state index in [1.807, 2.05) is 6.92 Å². The van der Waals surface area contributed by atoms with Crippen LogP contribution in [0.3, 0.4) is 0 Å². The van der Waals surface area contributed by atoms with Gasteiger partial charge in [-0.15, -0.1) is 0 Å². The Kier molecular flexibility index (Phi) is 6.99. The first-order valence-corrected chi connectivity index (χ1v) is 8.85. The molecule has 3 N–H and O–H groups in total. The molecular weight excluding hydrogens is 344 g/mol. The highest BCUT2D eigenvalue weighted by Crippen LogP contribution is 2.25. The largest absolute Gasteiger partial charge is 0.480 e. The van der Waals surface area contributed by atoms with Gasteiger partial charge in [0, 0.05) is 6.92 Å². The van der Waals surface area contributed by atoms with E-state index in [-0.39, 0.29) is 27.9 Å². The number of amides is 1. The molecule has 0 aliphatic heterocycles. The Morgan fingerprint density at radius 1 is 1.35 bits per heavy atom. The lowest BCUT2D eigenvalue weighted by atomic mass is 10.1. The summed E-state index contributed by atoms with van der Waals surface area (Å²) >= 11 is 5.94. The molecule has 0 bridgehead atoms. The number of hydrogen-bond donors (Lipinski definition) is 3. The number of unbranched alkanes of at least 4 members (excludes halogenated alkanes) is 1. The molecule has 1 aromatic rings. The van der Waals surface area contributed by atoms with Gasteiger partial charge in [-0.2, -0.15) is 4.72 Å². The summed E-state index contributed by atoms with van der Waals surface area (Å²) in [5.41, 5.74) is 0.277. The van der Waals surface area contributed by atoms with Crippen molar-refractivity contribution in [1.82, 2.24) is 4.72 Å². The van der Waals surface area contributed by atoms with Gasteiger partial charge < -0.3 is 10.4 Å². The van der Waals surface area contributed by atoms with E-state index in [1.165, 1.54) is 19.1 Å². The zero-order valence-electron chi connectivity index (χ0n) is 12.8. The molecule has 1 amide bonds. The van der Waals surface area contributed by atoms with Crippen molar-refractivity contribution in [2.24, 2.45) is 0 Å². The number of carbonyl (C=O) groups is 2. The van der Waals surface area contributed by atoms with E-state index in [2.05, 4.69) is 10.0 Å². The summed E-state index contributed by atoms with van der Waals surface area (Å²) in [5.74, 6) is -1.57. The summed E-state index contributed by atoms with van der Waals surface area (Å²) in [7, 11) is -4.03. The Labute approximate surface area is 140 Å². The lowest BCUT2D eigenvalue weighted by molar-refractivity contribution is -0.139. The van der Waals surface area contributed by atoms with Crippen molar-refractivity contribution < 1.29 is 23.1 Å². The van der Waals surface area contributed by atoms with E-state index in [0.29, 0.717) is 6.42 Å². The van der Waals surface area contributed by atoms with E-state index < -0.39 is 22.0 Å². The third kappa shape index (κ3) is 5.81. The molecule has 23 heavy (non-hydrogen) atoms. The molecule has 0 heterocycles. The lowest BCUT2D eigenvalue weighted by Crippen LogP contribution is -2.40. The summed E-state index contributed by atoms with van der Waals surface area (Å²) in [6, 6.07) is 2.56. The van der Waals surface area contributed by atoms with Crippen molar-refractivity contribution in [3.05, 3.63) is 23.2 Å². The van der Waals surface area contributed by atoms with E-state index in [9.17, 15) is 18.0 Å². The Bertz CT molecular complexity index is 690. The van der Waals surface area contributed by atoms with Crippen LogP contribution in [0.2, 0.25) is 5.02 Å². The molecule has 0 fully saturated rings. The summed E-state index contributed by atoms with van der Waals surface area (Å²) in [6.45, 7) is 3.18. The Hall–Kier alpha value is -1.64. The summed E-state index contributed by atoms with van der Waals surface area (Å²) in [6.07, 6.45) is 1.53. The lowest BCUT2D eigenvalue weighted by Gasteiger charge is -2.15.